The summed E-state index contributed by atoms with van der Waals surface area (Å²) in [7, 11) is 2.08. The van der Waals surface area contributed by atoms with E-state index in [0.29, 0.717) is 5.75 Å². The Morgan fingerprint density at radius 2 is 2.00 bits per heavy atom. The van der Waals surface area contributed by atoms with Crippen molar-refractivity contribution in [2.75, 3.05) is 49.3 Å². The van der Waals surface area contributed by atoms with Crippen molar-refractivity contribution in [3.8, 4) is 0 Å². The molecule has 0 saturated carbocycles. The molecule has 0 aliphatic carbocycles. The van der Waals surface area contributed by atoms with Crippen LogP contribution in [0.25, 0.3) is 0 Å². The highest BCUT2D eigenvalue weighted by atomic mass is 32.2. The number of amides is 1. The van der Waals surface area contributed by atoms with E-state index in [0.717, 1.165) is 43.5 Å². The SMILES string of the molecule is CN1CCN([n+]2cc(NC(=O)CCSC(=O)OCc3ccccc3)on2)CC1. The summed E-state index contributed by atoms with van der Waals surface area (Å²) in [6, 6.07) is 9.45. The highest BCUT2D eigenvalue weighted by Gasteiger charge is 2.25. The average Bonchev–Trinajstić information content (AvgIpc) is 3.16. The fourth-order valence-electron chi connectivity index (χ4n) is 2.61. The van der Waals surface area contributed by atoms with Gasteiger partial charge in [0.05, 0.1) is 17.9 Å². The van der Waals surface area contributed by atoms with Gasteiger partial charge in [0.15, 0.2) is 0 Å². The van der Waals surface area contributed by atoms with Crippen LogP contribution >= 0.6 is 11.8 Å². The number of thioether (sulfide) groups is 1. The fraction of sp³-hybridized carbons (Fsp3) is 0.444. The summed E-state index contributed by atoms with van der Waals surface area (Å²) in [6.07, 6.45) is 1.81. The number of hydrogen-bond acceptors (Lipinski definition) is 8. The number of benzene rings is 1. The van der Waals surface area contributed by atoms with Gasteiger partial charge >= 0.3 is 11.2 Å². The average molecular weight is 406 g/mol. The van der Waals surface area contributed by atoms with Gasteiger partial charge in [-0.25, -0.2) is 4.79 Å². The van der Waals surface area contributed by atoms with Gasteiger partial charge in [-0.2, -0.15) is 5.01 Å². The second kappa shape index (κ2) is 10.1. The lowest BCUT2D eigenvalue weighted by Gasteiger charge is -2.26. The number of rotatable bonds is 7. The molecule has 3 rings (SSSR count). The van der Waals surface area contributed by atoms with Crippen LogP contribution in [-0.2, 0) is 16.1 Å². The molecule has 9 nitrogen and oxygen atoms in total. The molecule has 2 heterocycles. The Bertz CT molecular complexity index is 777. The fourth-order valence-corrected chi connectivity index (χ4v) is 3.21. The minimum atomic E-state index is -0.399. The Labute approximate surface area is 167 Å². The van der Waals surface area contributed by atoms with Crippen molar-refractivity contribution in [2.24, 2.45) is 0 Å². The maximum atomic E-state index is 12.0. The third kappa shape index (κ3) is 6.24. The van der Waals surface area contributed by atoms with Crippen molar-refractivity contribution in [3.05, 3.63) is 42.1 Å². The summed E-state index contributed by atoms with van der Waals surface area (Å²) in [4.78, 5) is 27.6. The first-order chi connectivity index (χ1) is 13.6. The Kier molecular flexibility index (Phi) is 7.26. The molecule has 1 aliphatic rings. The molecule has 2 aromatic rings. The van der Waals surface area contributed by atoms with Gasteiger partial charge in [-0.3, -0.25) is 14.6 Å². The number of aromatic nitrogens is 2. The molecular formula is C18H24N5O4S+. The summed E-state index contributed by atoms with van der Waals surface area (Å²) >= 11 is 0.976. The molecule has 150 valence electrons. The second-order valence-electron chi connectivity index (χ2n) is 6.41. The maximum absolute atomic E-state index is 12.0. The van der Waals surface area contributed by atoms with Gasteiger partial charge < -0.3 is 9.64 Å². The summed E-state index contributed by atoms with van der Waals surface area (Å²) in [5, 5.41) is 8.23. The van der Waals surface area contributed by atoms with Gasteiger partial charge in [0.1, 0.15) is 6.61 Å². The van der Waals surface area contributed by atoms with E-state index >= 15 is 0 Å². The molecule has 28 heavy (non-hydrogen) atoms. The lowest BCUT2D eigenvalue weighted by Crippen LogP contribution is -2.64. The van der Waals surface area contributed by atoms with E-state index < -0.39 is 5.30 Å². The topological polar surface area (TPSA) is 91.8 Å². The van der Waals surface area contributed by atoms with E-state index in [-0.39, 0.29) is 24.8 Å². The van der Waals surface area contributed by atoms with Crippen LogP contribution in [0, 0.1) is 0 Å². The van der Waals surface area contributed by atoms with E-state index in [9.17, 15) is 9.59 Å². The lowest BCUT2D eigenvalue weighted by atomic mass is 10.2. The van der Waals surface area contributed by atoms with E-state index in [4.69, 9.17) is 9.26 Å². The molecule has 0 spiro atoms. The van der Waals surface area contributed by atoms with Crippen LogP contribution in [0.4, 0.5) is 10.7 Å². The zero-order valence-electron chi connectivity index (χ0n) is 15.7. The Hall–Kier alpha value is -2.59. The van der Waals surface area contributed by atoms with Crippen LogP contribution in [-0.4, -0.2) is 60.4 Å². The molecule has 1 N–H and O–H groups in total. The number of hydrogen-bond donors (Lipinski definition) is 1. The van der Waals surface area contributed by atoms with Gasteiger partial charge in [0, 0.05) is 25.3 Å². The van der Waals surface area contributed by atoms with Crippen LogP contribution < -0.4 is 15.1 Å². The van der Waals surface area contributed by atoms with Gasteiger partial charge in [-0.05, 0) is 24.4 Å². The molecule has 1 aromatic heterocycles. The van der Waals surface area contributed by atoms with Crippen molar-refractivity contribution in [1.82, 2.24) is 10.2 Å². The van der Waals surface area contributed by atoms with E-state index in [1.807, 2.05) is 35.3 Å². The summed E-state index contributed by atoms with van der Waals surface area (Å²) < 4.78 is 10.3. The van der Waals surface area contributed by atoms with Gasteiger partial charge in [-0.1, -0.05) is 30.3 Å². The molecule has 0 radical (unpaired) electrons. The Morgan fingerprint density at radius 3 is 2.75 bits per heavy atom. The zero-order chi connectivity index (χ0) is 19.8. The number of ether oxygens (including phenoxy) is 1. The van der Waals surface area contributed by atoms with Crippen LogP contribution in [0.5, 0.6) is 0 Å². The first-order valence-corrected chi connectivity index (χ1v) is 10.0. The number of carbonyl (C=O) groups excluding carboxylic acids is 2. The number of piperazine rings is 1. The van der Waals surface area contributed by atoms with E-state index in [1.165, 1.54) is 0 Å². The smallest absolute Gasteiger partial charge is 0.367 e. The van der Waals surface area contributed by atoms with Crippen molar-refractivity contribution in [3.63, 3.8) is 0 Å². The minimum absolute atomic E-state index is 0.167. The molecule has 1 aromatic carbocycles. The normalized spacial score (nSPS) is 14.7. The third-order valence-electron chi connectivity index (χ3n) is 4.24. The van der Waals surface area contributed by atoms with Crippen molar-refractivity contribution in [1.29, 1.82) is 0 Å². The minimum Gasteiger partial charge on any atom is -0.453 e. The van der Waals surface area contributed by atoms with E-state index in [2.05, 4.69) is 22.5 Å². The molecule has 0 atom stereocenters. The van der Waals surface area contributed by atoms with Crippen LogP contribution in [0.15, 0.2) is 41.1 Å². The number of carbonyl (C=O) groups is 2. The maximum Gasteiger partial charge on any atom is 0.367 e. The number of anilines is 1. The lowest BCUT2D eigenvalue weighted by molar-refractivity contribution is -0.759. The zero-order valence-corrected chi connectivity index (χ0v) is 16.6. The third-order valence-corrected chi connectivity index (χ3v) is 5.00. The first-order valence-electron chi connectivity index (χ1n) is 9.06. The highest BCUT2D eigenvalue weighted by molar-refractivity contribution is 8.13. The highest BCUT2D eigenvalue weighted by Crippen LogP contribution is 2.11. The number of nitrogens with one attached hydrogen (secondary N) is 1. The molecule has 1 aliphatic heterocycles. The summed E-state index contributed by atoms with van der Waals surface area (Å²) in [6.45, 7) is 3.78. The second-order valence-corrected chi connectivity index (χ2v) is 7.44. The van der Waals surface area contributed by atoms with Crippen molar-refractivity contribution < 1.29 is 23.6 Å². The quantitative estimate of drug-likeness (QED) is 0.543. The molecule has 0 unspecified atom stereocenters. The van der Waals surface area contributed by atoms with Crippen LogP contribution in [0.2, 0.25) is 0 Å². The van der Waals surface area contributed by atoms with Crippen LogP contribution in [0.3, 0.4) is 0 Å². The molecule has 10 heteroatoms. The summed E-state index contributed by atoms with van der Waals surface area (Å²) in [5.41, 5.74) is 0.924. The van der Waals surface area contributed by atoms with Crippen molar-refractivity contribution in [2.45, 2.75) is 13.0 Å². The summed E-state index contributed by atoms with van der Waals surface area (Å²) in [5.74, 6) is 0.358. The number of nitrogens with zero attached hydrogens (tertiary/aromatic N) is 4. The molecule has 1 fully saturated rings. The number of likely N-dealkylation sites (N-methyl/N-ethyl adjacent to an activating group) is 1. The van der Waals surface area contributed by atoms with Gasteiger partial charge in [0.25, 0.3) is 6.20 Å². The molecule has 1 saturated heterocycles. The Morgan fingerprint density at radius 1 is 1.25 bits per heavy atom. The van der Waals surface area contributed by atoms with Gasteiger partial charge in [0.2, 0.25) is 11.2 Å². The van der Waals surface area contributed by atoms with Gasteiger partial charge in [-0.15, -0.1) is 0 Å². The predicted molar refractivity (Wildman–Crippen MR) is 104 cm³/mol. The standard InChI is InChI=1S/C18H23N5O4S/c1-21-8-10-22(11-9-21)23-13-17(27-20-23)19-16(24)7-12-28-18(25)26-14-15-5-3-2-4-6-15/h2-6,13H,7-12,14H2,1H3/p+1. The largest absolute Gasteiger partial charge is 0.453 e. The molecule has 0 bridgehead atoms. The van der Waals surface area contributed by atoms with E-state index in [1.54, 1.807) is 11.0 Å². The molecule has 1 amide bonds. The monoisotopic (exact) mass is 406 g/mol. The van der Waals surface area contributed by atoms with Crippen LogP contribution in [0.1, 0.15) is 12.0 Å². The molecular weight excluding hydrogens is 382 g/mol. The van der Waals surface area contributed by atoms with Crippen molar-refractivity contribution >= 4 is 28.9 Å². The predicted octanol–water partition coefficient (Wildman–Crippen LogP) is 1.24. The first kappa shape index (κ1) is 20.2. The Balaban J connectivity index is 1.34.